The highest BCUT2D eigenvalue weighted by atomic mass is 32.5. The van der Waals surface area contributed by atoms with E-state index in [0.29, 0.717) is 0 Å². The molecule has 0 saturated heterocycles. The molecule has 0 aromatic rings. The van der Waals surface area contributed by atoms with Gasteiger partial charge in [0.1, 0.15) is 18.5 Å². The van der Waals surface area contributed by atoms with E-state index in [4.69, 9.17) is 0 Å². The van der Waals surface area contributed by atoms with Crippen molar-refractivity contribution in [3.8, 4) is 0 Å². The summed E-state index contributed by atoms with van der Waals surface area (Å²) in [5.41, 5.74) is 0. The van der Waals surface area contributed by atoms with Gasteiger partial charge in [-0.2, -0.15) is 0 Å². The Bertz CT molecular complexity index is 244. The van der Waals surface area contributed by atoms with Crippen LogP contribution < -0.4 is 0 Å². The first-order valence-corrected chi connectivity index (χ1v) is 5.98. The summed E-state index contributed by atoms with van der Waals surface area (Å²) in [5, 5.41) is -3.98. The van der Waals surface area contributed by atoms with Crippen LogP contribution in [0.1, 0.15) is 12.8 Å². The number of alkyl halides is 3. The molecule has 0 radical (unpaired) electrons. The summed E-state index contributed by atoms with van der Waals surface area (Å²) in [7, 11) is -10.2. The normalized spacial score (nSPS) is 43.2. The Morgan fingerprint density at radius 2 is 1.07 bits per heavy atom. The van der Waals surface area contributed by atoms with Gasteiger partial charge < -0.3 is 0 Å². The van der Waals surface area contributed by atoms with Gasteiger partial charge in [-0.3, -0.25) is 0 Å². The Morgan fingerprint density at radius 3 is 1.33 bits per heavy atom. The maximum atomic E-state index is 12.7. The van der Waals surface area contributed by atoms with E-state index in [1.54, 1.807) is 0 Å². The van der Waals surface area contributed by atoms with Crippen LogP contribution in [0.5, 0.6) is 0 Å². The van der Waals surface area contributed by atoms with Crippen LogP contribution in [0.4, 0.5) is 32.6 Å². The lowest BCUT2D eigenvalue weighted by Crippen LogP contribution is -2.47. The number of rotatable bonds is 1. The first-order valence-electron chi connectivity index (χ1n) is 3.96. The molecular formula is C6H8F8S. The predicted octanol–water partition coefficient (Wildman–Crippen LogP) is 4.46. The van der Waals surface area contributed by atoms with Gasteiger partial charge in [-0.05, 0) is 0 Å². The van der Waals surface area contributed by atoms with Gasteiger partial charge in [-0.25, -0.2) is 13.2 Å². The molecule has 0 N–H and O–H groups in total. The fourth-order valence-electron chi connectivity index (χ4n) is 1.64. The molecular weight excluding hydrogens is 256 g/mol. The van der Waals surface area contributed by atoms with Crippen LogP contribution >= 0.6 is 10.2 Å². The summed E-state index contributed by atoms with van der Waals surface area (Å²) in [5.74, 6) is 0. The van der Waals surface area contributed by atoms with Crippen LogP contribution in [0.2, 0.25) is 0 Å². The van der Waals surface area contributed by atoms with Gasteiger partial charge in [-0.1, -0.05) is 19.4 Å². The van der Waals surface area contributed by atoms with E-state index in [9.17, 15) is 32.6 Å². The molecule has 1 fully saturated rings. The van der Waals surface area contributed by atoms with E-state index in [2.05, 4.69) is 0 Å². The van der Waals surface area contributed by atoms with Gasteiger partial charge in [0.25, 0.3) is 10.2 Å². The molecule has 94 valence electrons. The highest BCUT2D eigenvalue weighted by Crippen LogP contribution is 3.01. The highest BCUT2D eigenvalue weighted by molar-refractivity contribution is 8.46. The molecule has 15 heavy (non-hydrogen) atoms. The van der Waals surface area contributed by atoms with Gasteiger partial charge >= 0.3 is 0 Å². The fourth-order valence-corrected chi connectivity index (χ4v) is 2.98. The molecule has 2 atom stereocenters. The predicted molar refractivity (Wildman–Crippen MR) is 40.8 cm³/mol. The molecule has 0 spiro atoms. The molecule has 0 bridgehead atoms. The van der Waals surface area contributed by atoms with Crippen molar-refractivity contribution in [2.75, 3.05) is 0 Å². The molecule has 0 amide bonds. The Morgan fingerprint density at radius 1 is 0.733 bits per heavy atom. The van der Waals surface area contributed by atoms with Gasteiger partial charge in [0, 0.05) is 12.8 Å². The number of halogens is 8. The first kappa shape index (κ1) is 12.9. The SMILES string of the molecule is FC1CC(F)C(S(F)(F)(F)(F)F)C(F)C1. The van der Waals surface area contributed by atoms with E-state index in [-0.39, 0.29) is 0 Å². The summed E-state index contributed by atoms with van der Waals surface area (Å²) in [4.78, 5) is 0. The molecule has 0 aliphatic heterocycles. The van der Waals surface area contributed by atoms with E-state index >= 15 is 0 Å². The smallest absolute Gasteiger partial charge is 0.247 e. The van der Waals surface area contributed by atoms with E-state index in [1.165, 1.54) is 0 Å². The van der Waals surface area contributed by atoms with Gasteiger partial charge in [-0.15, -0.1) is 0 Å². The molecule has 1 saturated carbocycles. The molecule has 9 heteroatoms. The molecule has 1 aliphatic carbocycles. The molecule has 0 aromatic carbocycles. The van der Waals surface area contributed by atoms with Crippen molar-refractivity contribution in [3.05, 3.63) is 0 Å². The summed E-state index contributed by atoms with van der Waals surface area (Å²) >= 11 is 0. The average molecular weight is 264 g/mol. The second-order valence-corrected chi connectivity index (χ2v) is 6.20. The van der Waals surface area contributed by atoms with Crippen molar-refractivity contribution in [3.63, 3.8) is 0 Å². The minimum Gasteiger partial charge on any atom is -0.247 e. The molecule has 0 aromatic heterocycles. The Balaban J connectivity index is 3.06. The van der Waals surface area contributed by atoms with Crippen LogP contribution in [0.15, 0.2) is 0 Å². The minimum atomic E-state index is -10.2. The van der Waals surface area contributed by atoms with Crippen LogP contribution in [-0.4, -0.2) is 23.8 Å². The average Bonchev–Trinajstić information content (AvgIpc) is 1.74. The van der Waals surface area contributed by atoms with Gasteiger partial charge in [0.2, 0.25) is 0 Å². The summed E-state index contributed by atoms with van der Waals surface area (Å²) < 4.78 is 98.4. The van der Waals surface area contributed by atoms with E-state index in [0.717, 1.165) is 0 Å². The first-order chi connectivity index (χ1) is 6.31. The fraction of sp³-hybridized carbons (Fsp3) is 1.00. The topological polar surface area (TPSA) is 0 Å². The van der Waals surface area contributed by atoms with Gasteiger partial charge in [0.15, 0.2) is 5.25 Å². The summed E-state index contributed by atoms with van der Waals surface area (Å²) in [6.07, 6.45) is -11.3. The maximum Gasteiger partial charge on any atom is 0.293 e. The second kappa shape index (κ2) is 2.72. The zero-order valence-corrected chi connectivity index (χ0v) is 7.97. The lowest BCUT2D eigenvalue weighted by Gasteiger charge is -2.50. The third kappa shape index (κ3) is 2.88. The Kier molecular flexibility index (Phi) is 2.33. The van der Waals surface area contributed by atoms with E-state index in [1.807, 2.05) is 0 Å². The molecule has 0 nitrogen and oxygen atoms in total. The Labute approximate surface area is 80.4 Å². The second-order valence-electron chi connectivity index (χ2n) is 3.59. The van der Waals surface area contributed by atoms with Crippen molar-refractivity contribution in [2.24, 2.45) is 0 Å². The molecule has 2 unspecified atom stereocenters. The van der Waals surface area contributed by atoms with Crippen molar-refractivity contribution in [1.29, 1.82) is 0 Å². The third-order valence-electron chi connectivity index (χ3n) is 2.19. The lowest BCUT2D eigenvalue weighted by molar-refractivity contribution is 0.0794. The van der Waals surface area contributed by atoms with Crippen molar-refractivity contribution in [2.45, 2.75) is 36.6 Å². The quantitative estimate of drug-likeness (QED) is 0.613. The van der Waals surface area contributed by atoms with Crippen LogP contribution in [0.25, 0.3) is 0 Å². The number of hydrogen-bond acceptors (Lipinski definition) is 0. The largest absolute Gasteiger partial charge is 0.293 e. The lowest BCUT2D eigenvalue weighted by atomic mass is 9.95. The van der Waals surface area contributed by atoms with Crippen molar-refractivity contribution >= 4 is 10.2 Å². The third-order valence-corrected chi connectivity index (χ3v) is 3.81. The van der Waals surface area contributed by atoms with E-state index < -0.39 is 46.8 Å². The molecule has 0 heterocycles. The van der Waals surface area contributed by atoms with Gasteiger partial charge in [0.05, 0.1) is 0 Å². The maximum absolute atomic E-state index is 12.7. The van der Waals surface area contributed by atoms with Crippen LogP contribution in [0, 0.1) is 0 Å². The van der Waals surface area contributed by atoms with Crippen molar-refractivity contribution in [1.82, 2.24) is 0 Å². The summed E-state index contributed by atoms with van der Waals surface area (Å²) in [6, 6.07) is 0. The standard InChI is InChI=1S/C6H8F8S/c7-3-1-4(8)6(5(9)2-3)15(10,11,12,13)14/h3-6H,1-2H2. The highest BCUT2D eigenvalue weighted by Gasteiger charge is 2.75. The molecule has 1 rings (SSSR count). The monoisotopic (exact) mass is 264 g/mol. The zero-order valence-electron chi connectivity index (χ0n) is 7.16. The van der Waals surface area contributed by atoms with Crippen LogP contribution in [-0.2, 0) is 0 Å². The zero-order chi connectivity index (χ0) is 12.1. The van der Waals surface area contributed by atoms with Crippen LogP contribution in [0.3, 0.4) is 0 Å². The van der Waals surface area contributed by atoms with Crippen molar-refractivity contribution < 1.29 is 32.6 Å². The molecule has 1 aliphatic rings. The summed E-state index contributed by atoms with van der Waals surface area (Å²) in [6.45, 7) is 0. The Hall–Kier alpha value is -0.210. The number of hydrogen-bond donors (Lipinski definition) is 0. The minimum absolute atomic E-state index is 1.34.